The Bertz CT molecular complexity index is 710. The number of rotatable bonds is 4. The van der Waals surface area contributed by atoms with Crippen LogP contribution in [-0.2, 0) is 9.59 Å². The molecule has 2 amide bonds. The molecular formula is C22H29N3O3. The van der Waals surface area contributed by atoms with E-state index in [1.165, 1.54) is 12.8 Å². The monoisotopic (exact) mass is 383 g/mol. The number of ether oxygens (including phenoxy) is 1. The van der Waals surface area contributed by atoms with E-state index in [1.54, 1.807) is 36.1 Å². The topological polar surface area (TPSA) is 73.6 Å². The number of nitriles is 1. The molecule has 0 aliphatic carbocycles. The molecule has 0 spiro atoms. The number of carbonyl (C=O) groups excluding carboxylic acids is 2. The highest BCUT2D eigenvalue weighted by molar-refractivity contribution is 5.82. The van der Waals surface area contributed by atoms with Gasteiger partial charge in [0.25, 0.3) is 5.91 Å². The van der Waals surface area contributed by atoms with Crippen molar-refractivity contribution in [1.29, 1.82) is 5.26 Å². The third-order valence-corrected chi connectivity index (χ3v) is 5.72. The molecule has 3 rings (SSSR count). The minimum absolute atomic E-state index is 0.0388. The number of piperidine rings is 1. The molecule has 2 aliphatic rings. The van der Waals surface area contributed by atoms with Crippen LogP contribution in [0.3, 0.4) is 0 Å². The molecule has 2 saturated heterocycles. The molecule has 2 aliphatic heterocycles. The van der Waals surface area contributed by atoms with Gasteiger partial charge in [0, 0.05) is 32.1 Å². The van der Waals surface area contributed by atoms with Crippen LogP contribution < -0.4 is 4.74 Å². The van der Waals surface area contributed by atoms with Crippen molar-refractivity contribution in [3.63, 3.8) is 0 Å². The SMILES string of the molecule is CC(Oc1ccc(C#N)cc1)C(=O)N1CCC(C(=O)N2CCCCCC2)CC1. The predicted molar refractivity (Wildman–Crippen MR) is 106 cm³/mol. The number of nitrogens with zero attached hydrogens (tertiary/aromatic N) is 3. The number of carbonyl (C=O) groups is 2. The fraction of sp³-hybridized carbons (Fsp3) is 0.591. The largest absolute Gasteiger partial charge is 0.481 e. The summed E-state index contributed by atoms with van der Waals surface area (Å²) in [5, 5.41) is 8.85. The summed E-state index contributed by atoms with van der Waals surface area (Å²) in [5.41, 5.74) is 0.558. The van der Waals surface area contributed by atoms with E-state index in [9.17, 15) is 9.59 Å². The highest BCUT2D eigenvalue weighted by Gasteiger charge is 2.32. The van der Waals surface area contributed by atoms with Gasteiger partial charge in [0.15, 0.2) is 6.10 Å². The van der Waals surface area contributed by atoms with Crippen molar-refractivity contribution in [2.75, 3.05) is 26.2 Å². The van der Waals surface area contributed by atoms with Crippen molar-refractivity contribution < 1.29 is 14.3 Å². The summed E-state index contributed by atoms with van der Waals surface area (Å²) < 4.78 is 5.74. The zero-order valence-corrected chi connectivity index (χ0v) is 16.6. The van der Waals surface area contributed by atoms with Gasteiger partial charge in [0.05, 0.1) is 11.6 Å². The molecule has 0 radical (unpaired) electrons. The van der Waals surface area contributed by atoms with Crippen molar-refractivity contribution in [3.8, 4) is 11.8 Å². The van der Waals surface area contributed by atoms with Gasteiger partial charge in [0.2, 0.25) is 5.91 Å². The Morgan fingerprint density at radius 1 is 1.00 bits per heavy atom. The quantitative estimate of drug-likeness (QED) is 0.801. The van der Waals surface area contributed by atoms with Gasteiger partial charge in [-0.3, -0.25) is 9.59 Å². The number of likely N-dealkylation sites (tertiary alicyclic amines) is 2. The molecule has 2 fully saturated rings. The molecule has 6 nitrogen and oxygen atoms in total. The van der Waals surface area contributed by atoms with Crippen molar-refractivity contribution in [2.24, 2.45) is 5.92 Å². The molecule has 0 N–H and O–H groups in total. The van der Waals surface area contributed by atoms with E-state index in [0.717, 1.165) is 38.8 Å². The summed E-state index contributed by atoms with van der Waals surface area (Å²) in [5.74, 6) is 0.837. The first kappa shape index (κ1) is 20.2. The molecule has 1 unspecified atom stereocenters. The first-order chi connectivity index (χ1) is 13.6. The maximum absolute atomic E-state index is 12.8. The van der Waals surface area contributed by atoms with Gasteiger partial charge < -0.3 is 14.5 Å². The van der Waals surface area contributed by atoms with Gasteiger partial charge in [-0.25, -0.2) is 0 Å². The Balaban J connectivity index is 1.48. The second-order valence-electron chi connectivity index (χ2n) is 7.74. The van der Waals surface area contributed by atoms with Crippen LogP contribution in [0.4, 0.5) is 0 Å². The van der Waals surface area contributed by atoms with Crippen molar-refractivity contribution >= 4 is 11.8 Å². The van der Waals surface area contributed by atoms with Crippen LogP contribution in [0.2, 0.25) is 0 Å². The van der Waals surface area contributed by atoms with Crippen molar-refractivity contribution in [2.45, 2.75) is 51.6 Å². The Morgan fingerprint density at radius 2 is 1.61 bits per heavy atom. The highest BCUT2D eigenvalue weighted by atomic mass is 16.5. The minimum Gasteiger partial charge on any atom is -0.481 e. The van der Waals surface area contributed by atoms with Gasteiger partial charge in [-0.2, -0.15) is 5.26 Å². The third kappa shape index (κ3) is 5.03. The van der Waals surface area contributed by atoms with E-state index >= 15 is 0 Å². The van der Waals surface area contributed by atoms with Gasteiger partial charge in [-0.1, -0.05) is 12.8 Å². The average Bonchev–Trinajstić information content (AvgIpc) is 3.03. The lowest BCUT2D eigenvalue weighted by Gasteiger charge is -2.35. The van der Waals surface area contributed by atoms with E-state index in [-0.39, 0.29) is 17.7 Å². The van der Waals surface area contributed by atoms with E-state index in [4.69, 9.17) is 10.00 Å². The second-order valence-corrected chi connectivity index (χ2v) is 7.74. The van der Waals surface area contributed by atoms with E-state index in [1.807, 2.05) is 4.90 Å². The molecule has 150 valence electrons. The van der Waals surface area contributed by atoms with Crippen molar-refractivity contribution in [3.05, 3.63) is 29.8 Å². The Kier molecular flexibility index (Phi) is 6.91. The second kappa shape index (κ2) is 9.59. The van der Waals surface area contributed by atoms with Crippen LogP contribution in [0, 0.1) is 17.2 Å². The third-order valence-electron chi connectivity index (χ3n) is 5.72. The van der Waals surface area contributed by atoms with Crippen LogP contribution in [-0.4, -0.2) is 53.9 Å². The number of hydrogen-bond donors (Lipinski definition) is 0. The zero-order chi connectivity index (χ0) is 19.9. The minimum atomic E-state index is -0.592. The van der Waals surface area contributed by atoms with Gasteiger partial charge >= 0.3 is 0 Å². The van der Waals surface area contributed by atoms with Crippen molar-refractivity contribution in [1.82, 2.24) is 9.80 Å². The number of amides is 2. The number of benzene rings is 1. The fourth-order valence-electron chi connectivity index (χ4n) is 4.02. The normalized spacial score (nSPS) is 19.4. The summed E-state index contributed by atoms with van der Waals surface area (Å²) in [6.07, 6.45) is 5.50. The van der Waals surface area contributed by atoms with E-state index in [0.29, 0.717) is 24.4 Å². The molecule has 0 aromatic heterocycles. The lowest BCUT2D eigenvalue weighted by Crippen LogP contribution is -2.47. The highest BCUT2D eigenvalue weighted by Crippen LogP contribution is 2.23. The Morgan fingerprint density at radius 3 is 2.18 bits per heavy atom. The Labute approximate surface area is 167 Å². The van der Waals surface area contributed by atoms with E-state index < -0.39 is 6.10 Å². The van der Waals surface area contributed by atoms with Crippen LogP contribution in [0.25, 0.3) is 0 Å². The smallest absolute Gasteiger partial charge is 0.263 e. The Hall–Kier alpha value is -2.55. The maximum atomic E-state index is 12.8. The van der Waals surface area contributed by atoms with Gasteiger partial charge in [-0.15, -0.1) is 0 Å². The van der Waals surface area contributed by atoms with E-state index in [2.05, 4.69) is 6.07 Å². The maximum Gasteiger partial charge on any atom is 0.263 e. The van der Waals surface area contributed by atoms with Crippen LogP contribution in [0.5, 0.6) is 5.75 Å². The molecule has 1 atom stereocenters. The van der Waals surface area contributed by atoms with Crippen LogP contribution in [0.1, 0.15) is 51.0 Å². The average molecular weight is 383 g/mol. The first-order valence-electron chi connectivity index (χ1n) is 10.3. The standard InChI is InChI=1S/C22H29N3O3/c1-17(28-20-8-6-18(16-23)7-9-20)21(26)25-14-10-19(11-15-25)22(27)24-12-4-2-3-5-13-24/h6-9,17,19H,2-5,10-15H2,1H3. The summed E-state index contributed by atoms with van der Waals surface area (Å²) in [7, 11) is 0. The fourth-order valence-corrected chi connectivity index (χ4v) is 4.02. The predicted octanol–water partition coefficient (Wildman–Crippen LogP) is 2.97. The zero-order valence-electron chi connectivity index (χ0n) is 16.6. The van der Waals surface area contributed by atoms with Gasteiger partial charge in [-0.05, 0) is 56.9 Å². The molecule has 0 bridgehead atoms. The number of hydrogen-bond acceptors (Lipinski definition) is 4. The summed E-state index contributed by atoms with van der Waals surface area (Å²) in [4.78, 5) is 29.3. The van der Waals surface area contributed by atoms with Gasteiger partial charge in [0.1, 0.15) is 5.75 Å². The van der Waals surface area contributed by atoms with Crippen LogP contribution in [0.15, 0.2) is 24.3 Å². The first-order valence-corrected chi connectivity index (χ1v) is 10.3. The molecule has 1 aromatic rings. The molecule has 28 heavy (non-hydrogen) atoms. The molecule has 2 heterocycles. The van der Waals surface area contributed by atoms with Crippen LogP contribution >= 0.6 is 0 Å². The summed E-state index contributed by atoms with van der Waals surface area (Å²) in [6.45, 7) is 4.71. The summed E-state index contributed by atoms with van der Waals surface area (Å²) in [6, 6.07) is 8.81. The molecular weight excluding hydrogens is 354 g/mol. The lowest BCUT2D eigenvalue weighted by atomic mass is 9.95. The lowest BCUT2D eigenvalue weighted by molar-refractivity contribution is -0.143. The molecule has 0 saturated carbocycles. The summed E-state index contributed by atoms with van der Waals surface area (Å²) >= 11 is 0. The molecule has 1 aromatic carbocycles. The molecule has 6 heteroatoms.